The molecule has 0 atom stereocenters. The summed E-state index contributed by atoms with van der Waals surface area (Å²) in [6.45, 7) is 4.82. The third-order valence-electron chi connectivity index (χ3n) is 3.59. The summed E-state index contributed by atoms with van der Waals surface area (Å²) in [5.74, 6) is 0. The van der Waals surface area contributed by atoms with Crippen LogP contribution < -0.4 is 0 Å². The van der Waals surface area contributed by atoms with Crippen LogP contribution in [0.15, 0.2) is 0 Å². The summed E-state index contributed by atoms with van der Waals surface area (Å²) in [4.78, 5) is 2.33. The molecule has 0 saturated heterocycles. The van der Waals surface area contributed by atoms with Crippen molar-refractivity contribution in [3.8, 4) is 0 Å². The largest absolute Gasteiger partial charge is 0.396 e. The molecule has 0 aliphatic heterocycles. The second-order valence-corrected chi connectivity index (χ2v) is 5.56. The van der Waals surface area contributed by atoms with Crippen LogP contribution >= 0.6 is 0 Å². The molecule has 1 N–H and O–H groups in total. The highest BCUT2D eigenvalue weighted by atomic mass is 16.3. The first-order chi connectivity index (χ1) is 8.81. The zero-order chi connectivity index (χ0) is 13.5. The molecule has 0 aliphatic rings. The normalized spacial score (nSPS) is 11.3. The minimum atomic E-state index is 0.322. The quantitative estimate of drug-likeness (QED) is 0.471. The standard InChI is InChI=1S/C16H35NO/c1-3-4-5-6-7-8-9-10-11-12-14-17(2)15-13-16-18/h18H,3-16H2,1-2H3. The number of nitrogens with zero attached hydrogens (tertiary/aromatic N) is 1. The van der Waals surface area contributed by atoms with Gasteiger partial charge in [0.1, 0.15) is 0 Å². The van der Waals surface area contributed by atoms with Crippen LogP contribution in [0.4, 0.5) is 0 Å². The first-order valence-electron chi connectivity index (χ1n) is 8.10. The van der Waals surface area contributed by atoms with E-state index in [1.54, 1.807) is 0 Å². The predicted molar refractivity (Wildman–Crippen MR) is 81.0 cm³/mol. The molecule has 2 nitrogen and oxygen atoms in total. The maximum absolute atomic E-state index is 8.73. The molecule has 0 amide bonds. The van der Waals surface area contributed by atoms with Crippen molar-refractivity contribution in [2.24, 2.45) is 0 Å². The summed E-state index contributed by atoms with van der Waals surface area (Å²) in [5, 5.41) is 8.73. The van der Waals surface area contributed by atoms with Crippen molar-refractivity contribution in [2.45, 2.75) is 77.6 Å². The molecule has 0 heterocycles. The molecule has 0 fully saturated rings. The highest BCUT2D eigenvalue weighted by Crippen LogP contribution is 2.10. The van der Waals surface area contributed by atoms with Crippen molar-refractivity contribution >= 4 is 0 Å². The fraction of sp³-hybridized carbons (Fsp3) is 1.00. The molecule has 0 radical (unpaired) electrons. The van der Waals surface area contributed by atoms with Gasteiger partial charge in [-0.1, -0.05) is 64.7 Å². The van der Waals surface area contributed by atoms with Gasteiger partial charge in [0.25, 0.3) is 0 Å². The van der Waals surface area contributed by atoms with E-state index in [2.05, 4.69) is 18.9 Å². The van der Waals surface area contributed by atoms with Crippen molar-refractivity contribution in [1.29, 1.82) is 0 Å². The summed E-state index contributed by atoms with van der Waals surface area (Å²) in [5.41, 5.74) is 0. The van der Waals surface area contributed by atoms with Crippen molar-refractivity contribution in [1.82, 2.24) is 4.90 Å². The van der Waals surface area contributed by atoms with Crippen LogP contribution in [0.1, 0.15) is 77.6 Å². The van der Waals surface area contributed by atoms with Gasteiger partial charge in [0.15, 0.2) is 0 Å². The molecule has 0 aromatic heterocycles. The Morgan fingerprint density at radius 1 is 0.667 bits per heavy atom. The highest BCUT2D eigenvalue weighted by Gasteiger charge is 1.97. The van der Waals surface area contributed by atoms with Gasteiger partial charge in [-0.25, -0.2) is 0 Å². The van der Waals surface area contributed by atoms with E-state index >= 15 is 0 Å². The number of hydrogen-bond acceptors (Lipinski definition) is 2. The first kappa shape index (κ1) is 17.9. The Morgan fingerprint density at radius 3 is 1.61 bits per heavy atom. The zero-order valence-corrected chi connectivity index (χ0v) is 12.8. The Morgan fingerprint density at radius 2 is 1.11 bits per heavy atom. The van der Waals surface area contributed by atoms with E-state index in [4.69, 9.17) is 5.11 Å². The Balaban J connectivity index is 3.02. The van der Waals surface area contributed by atoms with E-state index in [9.17, 15) is 0 Å². The maximum atomic E-state index is 8.73. The van der Waals surface area contributed by atoms with Crippen LogP contribution in [0.3, 0.4) is 0 Å². The minimum Gasteiger partial charge on any atom is -0.396 e. The summed E-state index contributed by atoms with van der Waals surface area (Å²) in [6, 6.07) is 0. The van der Waals surface area contributed by atoms with Gasteiger partial charge < -0.3 is 10.0 Å². The molecule has 0 bridgehead atoms. The van der Waals surface area contributed by atoms with Crippen LogP contribution in [0, 0.1) is 0 Å². The molecular formula is C16H35NO. The molecule has 0 saturated carbocycles. The summed E-state index contributed by atoms with van der Waals surface area (Å²) < 4.78 is 0. The minimum absolute atomic E-state index is 0.322. The first-order valence-corrected chi connectivity index (χ1v) is 8.10. The van der Waals surface area contributed by atoms with E-state index in [0.717, 1.165) is 13.0 Å². The molecule has 110 valence electrons. The zero-order valence-electron chi connectivity index (χ0n) is 12.8. The number of unbranched alkanes of at least 4 members (excludes halogenated alkanes) is 9. The van der Waals surface area contributed by atoms with Crippen LogP contribution in [-0.4, -0.2) is 36.8 Å². The van der Waals surface area contributed by atoms with Gasteiger partial charge in [-0.3, -0.25) is 0 Å². The lowest BCUT2D eigenvalue weighted by Gasteiger charge is -2.15. The van der Waals surface area contributed by atoms with Crippen molar-refractivity contribution in [2.75, 3.05) is 26.7 Å². The molecule has 0 rings (SSSR count). The average Bonchev–Trinajstić information content (AvgIpc) is 2.38. The Labute approximate surface area is 115 Å². The molecule has 0 spiro atoms. The SMILES string of the molecule is CCCCCCCCCCCCN(C)CCCO. The van der Waals surface area contributed by atoms with Gasteiger partial charge in [0.05, 0.1) is 0 Å². The Kier molecular flexibility index (Phi) is 14.9. The van der Waals surface area contributed by atoms with E-state index < -0.39 is 0 Å². The van der Waals surface area contributed by atoms with Gasteiger partial charge in [0.2, 0.25) is 0 Å². The van der Waals surface area contributed by atoms with Crippen LogP contribution in [0.2, 0.25) is 0 Å². The maximum Gasteiger partial charge on any atom is 0.0443 e. The lowest BCUT2D eigenvalue weighted by molar-refractivity contribution is 0.245. The van der Waals surface area contributed by atoms with Gasteiger partial charge in [-0.15, -0.1) is 0 Å². The molecule has 2 heteroatoms. The van der Waals surface area contributed by atoms with E-state index in [0.29, 0.717) is 6.61 Å². The van der Waals surface area contributed by atoms with E-state index in [1.807, 2.05) is 0 Å². The smallest absolute Gasteiger partial charge is 0.0443 e. The monoisotopic (exact) mass is 257 g/mol. The van der Waals surface area contributed by atoms with Crippen LogP contribution in [0.25, 0.3) is 0 Å². The van der Waals surface area contributed by atoms with Gasteiger partial charge >= 0.3 is 0 Å². The fourth-order valence-corrected chi connectivity index (χ4v) is 2.32. The number of hydrogen-bond donors (Lipinski definition) is 1. The highest BCUT2D eigenvalue weighted by molar-refractivity contribution is 4.53. The van der Waals surface area contributed by atoms with Crippen LogP contribution in [-0.2, 0) is 0 Å². The van der Waals surface area contributed by atoms with Crippen molar-refractivity contribution < 1.29 is 5.11 Å². The van der Waals surface area contributed by atoms with Gasteiger partial charge in [-0.2, -0.15) is 0 Å². The van der Waals surface area contributed by atoms with E-state index in [1.165, 1.54) is 70.8 Å². The average molecular weight is 257 g/mol. The molecule has 18 heavy (non-hydrogen) atoms. The van der Waals surface area contributed by atoms with Crippen molar-refractivity contribution in [3.05, 3.63) is 0 Å². The predicted octanol–water partition coefficient (Wildman–Crippen LogP) is 4.22. The van der Waals surface area contributed by atoms with E-state index in [-0.39, 0.29) is 0 Å². The molecule has 0 aromatic rings. The third kappa shape index (κ3) is 14.0. The topological polar surface area (TPSA) is 23.5 Å². The Bertz CT molecular complexity index is 150. The Hall–Kier alpha value is -0.0800. The van der Waals surface area contributed by atoms with Gasteiger partial charge in [0, 0.05) is 13.2 Å². The van der Waals surface area contributed by atoms with Crippen molar-refractivity contribution in [3.63, 3.8) is 0 Å². The fourth-order valence-electron chi connectivity index (χ4n) is 2.32. The second kappa shape index (κ2) is 15.0. The second-order valence-electron chi connectivity index (χ2n) is 5.56. The summed E-state index contributed by atoms with van der Waals surface area (Å²) in [6.07, 6.45) is 15.0. The number of aliphatic hydroxyl groups is 1. The lowest BCUT2D eigenvalue weighted by atomic mass is 10.1. The number of aliphatic hydroxyl groups excluding tert-OH is 1. The molecule has 0 unspecified atom stereocenters. The third-order valence-corrected chi connectivity index (χ3v) is 3.59. The molecule has 0 aromatic carbocycles. The molecule has 0 aliphatic carbocycles. The summed E-state index contributed by atoms with van der Waals surface area (Å²) in [7, 11) is 2.16. The van der Waals surface area contributed by atoms with Gasteiger partial charge in [-0.05, 0) is 26.4 Å². The summed E-state index contributed by atoms with van der Waals surface area (Å²) >= 11 is 0. The lowest BCUT2D eigenvalue weighted by Crippen LogP contribution is -2.21. The molecular weight excluding hydrogens is 222 g/mol. The van der Waals surface area contributed by atoms with Crippen LogP contribution in [0.5, 0.6) is 0 Å². The number of rotatable bonds is 14.